The van der Waals surface area contributed by atoms with Crippen LogP contribution in [0.3, 0.4) is 0 Å². The fraction of sp³-hybridized carbons (Fsp3) is 0.100. The highest BCUT2D eigenvalue weighted by Gasteiger charge is 2.19. The SMILES string of the molecule is CNC(=O)Nc1scc(-c2cccc(NCc3cc(F)cc(F)c3)c2)c1C(N)=O. The number of primary amides is 1. The van der Waals surface area contributed by atoms with Crippen molar-refractivity contribution in [2.45, 2.75) is 6.54 Å². The fourth-order valence-corrected chi connectivity index (χ4v) is 3.76. The van der Waals surface area contributed by atoms with Gasteiger partial charge in [-0.15, -0.1) is 11.3 Å². The maximum Gasteiger partial charge on any atom is 0.319 e. The molecule has 3 aromatic rings. The van der Waals surface area contributed by atoms with Gasteiger partial charge in [0, 0.05) is 36.3 Å². The predicted octanol–water partition coefficient (Wildman–Crippen LogP) is 4.16. The van der Waals surface area contributed by atoms with Crippen LogP contribution in [0.5, 0.6) is 0 Å². The summed E-state index contributed by atoms with van der Waals surface area (Å²) in [5.41, 5.74) is 8.16. The third-order valence-corrected chi connectivity index (χ3v) is 4.98. The predicted molar refractivity (Wildman–Crippen MR) is 110 cm³/mol. The number of nitrogens with one attached hydrogen (secondary N) is 3. The molecule has 0 bridgehead atoms. The lowest BCUT2D eigenvalue weighted by molar-refractivity contribution is 0.100. The molecular weight excluding hydrogens is 398 g/mol. The largest absolute Gasteiger partial charge is 0.381 e. The minimum atomic E-state index is -0.666. The smallest absolute Gasteiger partial charge is 0.319 e. The lowest BCUT2D eigenvalue weighted by atomic mass is 10.0. The third-order valence-electron chi connectivity index (χ3n) is 4.08. The molecule has 3 amide bonds. The summed E-state index contributed by atoms with van der Waals surface area (Å²) in [5, 5.41) is 10.2. The molecule has 6 nitrogen and oxygen atoms in total. The molecule has 0 aliphatic carbocycles. The number of halogens is 2. The average molecular weight is 416 g/mol. The van der Waals surface area contributed by atoms with Gasteiger partial charge in [0.05, 0.1) is 5.56 Å². The van der Waals surface area contributed by atoms with E-state index in [1.807, 2.05) is 0 Å². The first-order valence-corrected chi connectivity index (χ1v) is 9.44. The molecule has 150 valence electrons. The minimum Gasteiger partial charge on any atom is -0.381 e. The molecule has 0 aliphatic heterocycles. The first-order chi connectivity index (χ1) is 13.9. The number of rotatable bonds is 6. The highest BCUT2D eigenvalue weighted by molar-refractivity contribution is 7.15. The topological polar surface area (TPSA) is 96.2 Å². The van der Waals surface area contributed by atoms with Crippen molar-refractivity contribution in [2.24, 2.45) is 5.73 Å². The van der Waals surface area contributed by atoms with E-state index >= 15 is 0 Å². The molecule has 0 spiro atoms. The summed E-state index contributed by atoms with van der Waals surface area (Å²) in [7, 11) is 1.47. The van der Waals surface area contributed by atoms with Crippen LogP contribution in [0.4, 0.5) is 24.3 Å². The first-order valence-electron chi connectivity index (χ1n) is 8.56. The van der Waals surface area contributed by atoms with Gasteiger partial charge >= 0.3 is 6.03 Å². The van der Waals surface area contributed by atoms with Crippen LogP contribution in [-0.2, 0) is 6.54 Å². The second kappa shape index (κ2) is 8.70. The van der Waals surface area contributed by atoms with Gasteiger partial charge in [-0.2, -0.15) is 0 Å². The Kier molecular flexibility index (Phi) is 6.08. The number of hydrogen-bond acceptors (Lipinski definition) is 4. The van der Waals surface area contributed by atoms with E-state index in [1.54, 1.807) is 29.6 Å². The first kappa shape index (κ1) is 20.3. The van der Waals surface area contributed by atoms with Crippen molar-refractivity contribution in [1.29, 1.82) is 0 Å². The molecule has 0 atom stereocenters. The van der Waals surface area contributed by atoms with Crippen LogP contribution in [0, 0.1) is 11.6 Å². The van der Waals surface area contributed by atoms with Crippen LogP contribution in [0.2, 0.25) is 0 Å². The zero-order valence-electron chi connectivity index (χ0n) is 15.4. The van der Waals surface area contributed by atoms with E-state index in [4.69, 9.17) is 5.73 Å². The van der Waals surface area contributed by atoms with E-state index in [-0.39, 0.29) is 12.1 Å². The van der Waals surface area contributed by atoms with Crippen LogP contribution < -0.4 is 21.7 Å². The lowest BCUT2D eigenvalue weighted by Gasteiger charge is -2.10. The molecular formula is C20H18F2N4O2S. The van der Waals surface area contributed by atoms with Crippen LogP contribution >= 0.6 is 11.3 Å². The molecule has 3 rings (SSSR count). The molecule has 9 heteroatoms. The molecule has 2 aromatic carbocycles. The van der Waals surface area contributed by atoms with E-state index in [0.717, 1.165) is 6.07 Å². The molecule has 0 unspecified atom stereocenters. The highest BCUT2D eigenvalue weighted by atomic mass is 32.1. The Morgan fingerprint density at radius 3 is 2.48 bits per heavy atom. The van der Waals surface area contributed by atoms with Crippen molar-refractivity contribution in [3.8, 4) is 11.1 Å². The summed E-state index contributed by atoms with van der Waals surface area (Å²) in [6.07, 6.45) is 0. The van der Waals surface area contributed by atoms with Crippen molar-refractivity contribution in [3.05, 3.63) is 70.6 Å². The van der Waals surface area contributed by atoms with E-state index in [1.165, 1.54) is 30.5 Å². The number of hydrogen-bond donors (Lipinski definition) is 4. The Balaban J connectivity index is 1.85. The highest BCUT2D eigenvalue weighted by Crippen LogP contribution is 2.36. The van der Waals surface area contributed by atoms with Crippen LogP contribution in [0.25, 0.3) is 11.1 Å². The van der Waals surface area contributed by atoms with Gasteiger partial charge in [-0.05, 0) is 35.4 Å². The Labute approximate surface area is 169 Å². The second-order valence-electron chi connectivity index (χ2n) is 6.13. The molecule has 29 heavy (non-hydrogen) atoms. The zero-order valence-corrected chi connectivity index (χ0v) is 16.2. The van der Waals surface area contributed by atoms with Gasteiger partial charge in [0.15, 0.2) is 0 Å². The van der Waals surface area contributed by atoms with Crippen molar-refractivity contribution >= 4 is 34.0 Å². The Bertz CT molecular complexity index is 1050. The van der Waals surface area contributed by atoms with Gasteiger partial charge < -0.3 is 16.4 Å². The summed E-state index contributed by atoms with van der Waals surface area (Å²) < 4.78 is 26.7. The fourth-order valence-electron chi connectivity index (χ4n) is 2.79. The van der Waals surface area contributed by atoms with Gasteiger partial charge in [-0.1, -0.05) is 12.1 Å². The van der Waals surface area contributed by atoms with Gasteiger partial charge in [0.25, 0.3) is 5.91 Å². The quantitative estimate of drug-likeness (QED) is 0.486. The van der Waals surface area contributed by atoms with Crippen molar-refractivity contribution in [1.82, 2.24) is 5.32 Å². The molecule has 1 heterocycles. The molecule has 0 radical (unpaired) electrons. The summed E-state index contributed by atoms with van der Waals surface area (Å²) >= 11 is 1.19. The number of nitrogens with two attached hydrogens (primary N) is 1. The number of amides is 3. The average Bonchev–Trinajstić information content (AvgIpc) is 3.09. The second-order valence-corrected chi connectivity index (χ2v) is 7.01. The van der Waals surface area contributed by atoms with Gasteiger partial charge in [0.2, 0.25) is 0 Å². The Hall–Kier alpha value is -3.46. The van der Waals surface area contributed by atoms with Gasteiger partial charge in [-0.25, -0.2) is 13.6 Å². The standard InChI is InChI=1S/C20H18F2N4O2S/c1-24-20(28)26-19-17(18(23)27)16(10-29-19)12-3-2-4-15(7-12)25-9-11-5-13(21)8-14(22)6-11/h2-8,10,25H,9H2,1H3,(H2,23,27)(H2,24,26,28). The minimum absolute atomic E-state index is 0.211. The maximum atomic E-state index is 13.3. The number of anilines is 2. The summed E-state index contributed by atoms with van der Waals surface area (Å²) in [6.45, 7) is 0.216. The zero-order chi connectivity index (χ0) is 21.0. The Morgan fingerprint density at radius 1 is 1.10 bits per heavy atom. The number of thiophene rings is 1. The lowest BCUT2D eigenvalue weighted by Crippen LogP contribution is -2.25. The molecule has 0 saturated heterocycles. The molecule has 5 N–H and O–H groups in total. The number of urea groups is 1. The molecule has 0 aliphatic rings. The summed E-state index contributed by atoms with van der Waals surface area (Å²) in [5.74, 6) is -1.95. The molecule has 0 saturated carbocycles. The van der Waals surface area contributed by atoms with Gasteiger partial charge in [0.1, 0.15) is 16.6 Å². The molecule has 1 aromatic heterocycles. The van der Waals surface area contributed by atoms with Crippen LogP contribution in [0.15, 0.2) is 47.8 Å². The van der Waals surface area contributed by atoms with E-state index in [2.05, 4.69) is 16.0 Å². The van der Waals surface area contributed by atoms with E-state index in [0.29, 0.717) is 27.4 Å². The van der Waals surface area contributed by atoms with Gasteiger partial charge in [-0.3, -0.25) is 10.1 Å². The van der Waals surface area contributed by atoms with Crippen LogP contribution in [0.1, 0.15) is 15.9 Å². The molecule has 0 fully saturated rings. The monoisotopic (exact) mass is 416 g/mol. The van der Waals surface area contributed by atoms with E-state index in [9.17, 15) is 18.4 Å². The summed E-state index contributed by atoms with van der Waals surface area (Å²) in [4.78, 5) is 23.6. The van der Waals surface area contributed by atoms with Crippen LogP contribution in [-0.4, -0.2) is 19.0 Å². The van der Waals surface area contributed by atoms with Crippen molar-refractivity contribution in [3.63, 3.8) is 0 Å². The number of benzene rings is 2. The summed E-state index contributed by atoms with van der Waals surface area (Å²) in [6, 6.07) is 10.0. The number of carbonyl (C=O) groups excluding carboxylic acids is 2. The van der Waals surface area contributed by atoms with E-state index < -0.39 is 23.6 Å². The number of carbonyl (C=O) groups is 2. The normalized spacial score (nSPS) is 10.4. The van der Waals surface area contributed by atoms with Crippen molar-refractivity contribution in [2.75, 3.05) is 17.7 Å². The third kappa shape index (κ3) is 4.88. The Morgan fingerprint density at radius 2 is 1.83 bits per heavy atom. The van der Waals surface area contributed by atoms with Crippen molar-refractivity contribution < 1.29 is 18.4 Å². The maximum absolute atomic E-state index is 13.3.